The van der Waals surface area contributed by atoms with Gasteiger partial charge >= 0.3 is 0 Å². The van der Waals surface area contributed by atoms with Crippen molar-refractivity contribution in [1.82, 2.24) is 0 Å². The largest absolute Gasteiger partial charge is 0.310 e. The highest BCUT2D eigenvalue weighted by molar-refractivity contribution is 7.26. The van der Waals surface area contributed by atoms with E-state index in [-0.39, 0.29) is 0 Å². The lowest BCUT2D eigenvalue weighted by atomic mass is 9.99. The van der Waals surface area contributed by atoms with Gasteiger partial charge < -0.3 is 14.7 Å². The minimum Gasteiger partial charge on any atom is -0.310 e. The van der Waals surface area contributed by atoms with Crippen LogP contribution < -0.4 is 14.7 Å². The van der Waals surface area contributed by atoms with Gasteiger partial charge in [0.25, 0.3) is 0 Å². The molecule has 0 N–H and O–H groups in total. The lowest BCUT2D eigenvalue weighted by molar-refractivity contribution is 1.29. The predicted molar refractivity (Wildman–Crippen MR) is 241 cm³/mol. The molecule has 0 aliphatic carbocycles. The Morgan fingerprint density at radius 3 is 1.14 bits per heavy atom. The van der Waals surface area contributed by atoms with E-state index in [1.807, 2.05) is 11.3 Å². The maximum atomic E-state index is 2.42. The van der Waals surface area contributed by atoms with Gasteiger partial charge in [0.05, 0.1) is 16.1 Å². The summed E-state index contributed by atoms with van der Waals surface area (Å²) < 4.78 is 2.48. The molecule has 0 aliphatic rings. The molecule has 0 spiro atoms. The molecule has 0 atom stereocenters. The lowest BCUT2D eigenvalue weighted by Gasteiger charge is -2.28. The highest BCUT2D eigenvalue weighted by Gasteiger charge is 2.25. The van der Waals surface area contributed by atoms with Gasteiger partial charge in [-0.2, -0.15) is 0 Å². The molecular weight excluding hydrogens is 699 g/mol. The molecule has 9 aromatic carbocycles. The first-order chi connectivity index (χ1) is 27.8. The maximum Gasteiger partial charge on any atom is 0.0646 e. The van der Waals surface area contributed by atoms with Gasteiger partial charge in [-0.25, -0.2) is 0 Å². The summed E-state index contributed by atoms with van der Waals surface area (Å²) in [6.07, 6.45) is 0. The molecule has 1 heterocycles. The topological polar surface area (TPSA) is 9.72 Å². The fraction of sp³-hybridized carbons (Fsp3) is 0. The zero-order valence-corrected chi connectivity index (χ0v) is 31.4. The highest BCUT2D eigenvalue weighted by atomic mass is 32.1. The Morgan fingerprint density at radius 2 is 0.696 bits per heavy atom. The second-order valence-electron chi connectivity index (χ2n) is 13.8. The monoisotopic (exact) mass is 735 g/mol. The SMILES string of the molecule is c1ccc(N(c2ccccc2)c2ccc3c(c2)cc(N(c2ccccc2)c2ccccc2)c2sc4cccc(N(c5ccccc5)c5ccccc5)c4c23)cc1. The molecule has 10 aromatic rings. The standard InChI is InChI=1S/C52H37N3S/c1-7-20-39(21-8-1)53(40-22-9-2-10-23-40)45-34-35-46-38(36-45)37-48(55(43-28-15-5-16-29-43)44-30-17-6-18-31-44)52-50(46)51-47(32-19-33-49(51)56-52)54(41-24-11-3-12-25-41)42-26-13-4-14-27-42/h1-37H. The summed E-state index contributed by atoms with van der Waals surface area (Å²) in [6, 6.07) is 80.4. The van der Waals surface area contributed by atoms with E-state index in [2.05, 4.69) is 239 Å². The molecule has 0 unspecified atom stereocenters. The van der Waals surface area contributed by atoms with Crippen molar-refractivity contribution in [3.8, 4) is 0 Å². The Bertz CT molecular complexity index is 2780. The fourth-order valence-electron chi connectivity index (χ4n) is 7.93. The predicted octanol–water partition coefficient (Wildman–Crippen LogP) is 15.6. The molecule has 0 radical (unpaired) electrons. The van der Waals surface area contributed by atoms with E-state index in [1.165, 1.54) is 30.9 Å². The van der Waals surface area contributed by atoms with Crippen molar-refractivity contribution in [2.45, 2.75) is 0 Å². The minimum absolute atomic E-state index is 1.10. The van der Waals surface area contributed by atoms with Crippen molar-refractivity contribution in [2.24, 2.45) is 0 Å². The van der Waals surface area contributed by atoms with Crippen LogP contribution in [0, 0.1) is 0 Å². The van der Waals surface area contributed by atoms with Gasteiger partial charge in [-0.1, -0.05) is 121 Å². The molecule has 4 heteroatoms. The summed E-state index contributed by atoms with van der Waals surface area (Å²) in [5.41, 5.74) is 10.1. The maximum absolute atomic E-state index is 2.42. The second kappa shape index (κ2) is 14.6. The summed E-state index contributed by atoms with van der Waals surface area (Å²) in [5, 5.41) is 4.87. The van der Waals surface area contributed by atoms with Crippen LogP contribution in [0.25, 0.3) is 30.9 Å². The third-order valence-electron chi connectivity index (χ3n) is 10.3. The number of hydrogen-bond donors (Lipinski definition) is 0. The minimum atomic E-state index is 1.10. The molecule has 266 valence electrons. The number of fused-ring (bicyclic) bond motifs is 5. The summed E-state index contributed by atoms with van der Waals surface area (Å²) >= 11 is 1.87. The van der Waals surface area contributed by atoms with Crippen LogP contribution >= 0.6 is 11.3 Å². The molecule has 10 rings (SSSR count). The van der Waals surface area contributed by atoms with Crippen LogP contribution in [0.5, 0.6) is 0 Å². The van der Waals surface area contributed by atoms with E-state index in [0.717, 1.165) is 51.2 Å². The van der Waals surface area contributed by atoms with Crippen LogP contribution in [0.1, 0.15) is 0 Å². The third kappa shape index (κ3) is 6.03. The van der Waals surface area contributed by atoms with Crippen molar-refractivity contribution in [3.05, 3.63) is 224 Å². The van der Waals surface area contributed by atoms with Crippen molar-refractivity contribution in [2.75, 3.05) is 14.7 Å². The van der Waals surface area contributed by atoms with Gasteiger partial charge in [-0.3, -0.25) is 0 Å². The average molecular weight is 736 g/mol. The molecule has 0 saturated heterocycles. The number of thiophene rings is 1. The van der Waals surface area contributed by atoms with Crippen LogP contribution in [0.2, 0.25) is 0 Å². The lowest BCUT2D eigenvalue weighted by Crippen LogP contribution is -2.11. The quantitative estimate of drug-likeness (QED) is 0.146. The van der Waals surface area contributed by atoms with E-state index in [0.29, 0.717) is 0 Å². The smallest absolute Gasteiger partial charge is 0.0646 e. The number of rotatable bonds is 9. The third-order valence-corrected chi connectivity index (χ3v) is 11.5. The van der Waals surface area contributed by atoms with Gasteiger partial charge in [0.2, 0.25) is 0 Å². The first-order valence-corrected chi connectivity index (χ1v) is 19.8. The number of hydrogen-bond acceptors (Lipinski definition) is 4. The van der Waals surface area contributed by atoms with Gasteiger partial charge in [-0.05, 0) is 114 Å². The molecule has 0 fully saturated rings. The molecule has 0 saturated carbocycles. The number of benzene rings is 9. The van der Waals surface area contributed by atoms with Gasteiger partial charge in [-0.15, -0.1) is 11.3 Å². The average Bonchev–Trinajstić information content (AvgIpc) is 3.67. The Balaban J connectivity index is 1.32. The van der Waals surface area contributed by atoms with Crippen LogP contribution in [-0.2, 0) is 0 Å². The zero-order chi connectivity index (χ0) is 37.3. The van der Waals surface area contributed by atoms with Crippen LogP contribution in [0.15, 0.2) is 224 Å². The van der Waals surface area contributed by atoms with E-state index < -0.39 is 0 Å². The van der Waals surface area contributed by atoms with E-state index >= 15 is 0 Å². The first-order valence-electron chi connectivity index (χ1n) is 18.9. The van der Waals surface area contributed by atoms with Crippen molar-refractivity contribution < 1.29 is 0 Å². The number of para-hydroxylation sites is 6. The number of anilines is 9. The fourth-order valence-corrected chi connectivity index (χ4v) is 9.18. The van der Waals surface area contributed by atoms with Crippen molar-refractivity contribution >= 4 is 93.5 Å². The van der Waals surface area contributed by atoms with E-state index in [9.17, 15) is 0 Å². The zero-order valence-electron chi connectivity index (χ0n) is 30.6. The normalized spacial score (nSPS) is 11.2. The first kappa shape index (κ1) is 33.4. The summed E-state index contributed by atoms with van der Waals surface area (Å²) in [5.74, 6) is 0. The molecule has 56 heavy (non-hydrogen) atoms. The molecule has 3 nitrogen and oxygen atoms in total. The Labute approximate surface area is 331 Å². The Kier molecular flexibility index (Phi) is 8.71. The summed E-state index contributed by atoms with van der Waals surface area (Å²) in [6.45, 7) is 0. The highest BCUT2D eigenvalue weighted by Crippen LogP contribution is 2.52. The van der Waals surface area contributed by atoms with Crippen molar-refractivity contribution in [1.29, 1.82) is 0 Å². The van der Waals surface area contributed by atoms with E-state index in [4.69, 9.17) is 0 Å². The molecule has 0 amide bonds. The second-order valence-corrected chi connectivity index (χ2v) is 14.8. The summed E-state index contributed by atoms with van der Waals surface area (Å²) in [7, 11) is 0. The van der Waals surface area contributed by atoms with Gasteiger partial charge in [0, 0.05) is 55.3 Å². The molecule has 0 bridgehead atoms. The van der Waals surface area contributed by atoms with Gasteiger partial charge in [0.15, 0.2) is 0 Å². The molecule has 0 aliphatic heterocycles. The Morgan fingerprint density at radius 1 is 0.286 bits per heavy atom. The van der Waals surface area contributed by atoms with Crippen LogP contribution in [0.4, 0.5) is 51.2 Å². The number of nitrogens with zero attached hydrogens (tertiary/aromatic N) is 3. The van der Waals surface area contributed by atoms with Crippen molar-refractivity contribution in [3.63, 3.8) is 0 Å². The molecule has 1 aromatic heterocycles. The summed E-state index contributed by atoms with van der Waals surface area (Å²) in [4.78, 5) is 7.17. The van der Waals surface area contributed by atoms with E-state index in [1.54, 1.807) is 0 Å². The van der Waals surface area contributed by atoms with Crippen LogP contribution in [0.3, 0.4) is 0 Å². The van der Waals surface area contributed by atoms with Crippen LogP contribution in [-0.4, -0.2) is 0 Å². The Hall–Kier alpha value is -7.14. The van der Waals surface area contributed by atoms with Gasteiger partial charge in [0.1, 0.15) is 0 Å². The molecular formula is C52H37N3S.